The molecule has 0 heterocycles. The van der Waals surface area contributed by atoms with Crippen LogP contribution in [-0.2, 0) is 14.8 Å². The molecule has 0 radical (unpaired) electrons. The molecule has 0 saturated carbocycles. The van der Waals surface area contributed by atoms with E-state index in [1.54, 1.807) is 0 Å². The van der Waals surface area contributed by atoms with Gasteiger partial charge >= 0.3 is 12.1 Å². The molecule has 1 unspecified atom stereocenters. The zero-order valence-electron chi connectivity index (χ0n) is 10.2. The van der Waals surface area contributed by atoms with E-state index in [9.17, 15) is 30.8 Å². The second kappa shape index (κ2) is 5.54. The first kappa shape index (κ1) is 17.9. The van der Waals surface area contributed by atoms with E-state index < -0.39 is 38.4 Å². The van der Waals surface area contributed by atoms with Crippen molar-refractivity contribution in [3.05, 3.63) is 28.5 Å². The van der Waals surface area contributed by atoms with Gasteiger partial charge in [0.05, 0.1) is 4.90 Å². The van der Waals surface area contributed by atoms with Crippen LogP contribution >= 0.6 is 15.9 Å². The van der Waals surface area contributed by atoms with Crippen molar-refractivity contribution in [1.29, 1.82) is 0 Å². The summed E-state index contributed by atoms with van der Waals surface area (Å²) in [6.07, 6.45) is -5.38. The molecule has 0 amide bonds. The van der Waals surface area contributed by atoms with Gasteiger partial charge in [-0.2, -0.15) is 17.9 Å². The molecular weight excluding hydrogens is 386 g/mol. The fraction of sp³-hybridized carbons (Fsp3) is 0.300. The van der Waals surface area contributed by atoms with Gasteiger partial charge < -0.3 is 5.11 Å². The fourth-order valence-corrected chi connectivity index (χ4v) is 3.64. The van der Waals surface area contributed by atoms with E-state index in [0.29, 0.717) is 12.1 Å². The quantitative estimate of drug-likeness (QED) is 0.768. The predicted molar refractivity (Wildman–Crippen MR) is 66.5 cm³/mol. The maximum Gasteiger partial charge on any atom is 0.418 e. The molecule has 118 valence electrons. The largest absolute Gasteiger partial charge is 0.480 e. The van der Waals surface area contributed by atoms with E-state index in [4.69, 9.17) is 5.11 Å². The predicted octanol–water partition coefficient (Wildman–Crippen LogP) is 2.27. The van der Waals surface area contributed by atoms with Crippen molar-refractivity contribution in [2.45, 2.75) is 23.5 Å². The molecule has 0 aliphatic rings. The van der Waals surface area contributed by atoms with E-state index >= 15 is 0 Å². The van der Waals surface area contributed by atoms with Crippen molar-refractivity contribution in [3.8, 4) is 0 Å². The summed E-state index contributed by atoms with van der Waals surface area (Å²) in [6.45, 7) is 0.171. The zero-order chi connectivity index (χ0) is 16.6. The van der Waals surface area contributed by atoms with E-state index in [1.807, 2.05) is 0 Å². The molecule has 0 aliphatic heterocycles. The standard InChI is InChI=1S/C10H8BrF4NO4S/c1-9(8(17)18,10(13,14)15)16-21(19,20)7-3-2-5(12)4-6(7)11/h2-4,16H,1H3,(H,17,18). The molecule has 1 rings (SSSR count). The van der Waals surface area contributed by atoms with Gasteiger partial charge in [0, 0.05) is 4.47 Å². The van der Waals surface area contributed by atoms with Crippen LogP contribution in [0.5, 0.6) is 0 Å². The number of halogens is 5. The summed E-state index contributed by atoms with van der Waals surface area (Å²) in [7, 11) is -4.86. The highest BCUT2D eigenvalue weighted by Gasteiger charge is 2.59. The Morgan fingerprint density at radius 3 is 2.24 bits per heavy atom. The van der Waals surface area contributed by atoms with Gasteiger partial charge in [-0.3, -0.25) is 0 Å². The first-order valence-electron chi connectivity index (χ1n) is 5.10. The van der Waals surface area contributed by atoms with Crippen molar-refractivity contribution < 1.29 is 35.9 Å². The lowest BCUT2D eigenvalue weighted by Gasteiger charge is -2.28. The number of sulfonamides is 1. The number of rotatable bonds is 4. The smallest absolute Gasteiger partial charge is 0.418 e. The Bertz CT molecular complexity index is 676. The lowest BCUT2D eigenvalue weighted by atomic mass is 10.0. The Labute approximate surface area is 125 Å². The number of alkyl halides is 3. The third kappa shape index (κ3) is 3.52. The summed E-state index contributed by atoms with van der Waals surface area (Å²) in [5.74, 6) is -3.24. The number of carboxylic acid groups (broad SMARTS) is 1. The second-order valence-electron chi connectivity index (χ2n) is 4.11. The van der Waals surface area contributed by atoms with Crippen molar-refractivity contribution >= 4 is 31.9 Å². The Balaban J connectivity index is 3.35. The SMILES string of the molecule is CC(NS(=O)(=O)c1ccc(F)cc1Br)(C(=O)O)C(F)(F)F. The van der Waals surface area contributed by atoms with Crippen LogP contribution in [0.3, 0.4) is 0 Å². The lowest BCUT2D eigenvalue weighted by Crippen LogP contribution is -2.61. The summed E-state index contributed by atoms with van der Waals surface area (Å²) in [5, 5.41) is 8.67. The highest BCUT2D eigenvalue weighted by molar-refractivity contribution is 9.10. The van der Waals surface area contributed by atoms with Crippen LogP contribution in [0.25, 0.3) is 0 Å². The monoisotopic (exact) mass is 393 g/mol. The van der Waals surface area contributed by atoms with Crippen molar-refractivity contribution in [1.82, 2.24) is 4.72 Å². The Morgan fingerprint density at radius 2 is 1.86 bits per heavy atom. The van der Waals surface area contributed by atoms with Crippen LogP contribution in [0, 0.1) is 5.82 Å². The van der Waals surface area contributed by atoms with Gasteiger partial charge in [0.15, 0.2) is 0 Å². The van der Waals surface area contributed by atoms with Crippen LogP contribution in [0.15, 0.2) is 27.6 Å². The number of benzene rings is 1. The molecule has 11 heteroatoms. The van der Waals surface area contributed by atoms with E-state index in [1.165, 1.54) is 0 Å². The maximum absolute atomic E-state index is 12.9. The molecule has 21 heavy (non-hydrogen) atoms. The molecule has 2 N–H and O–H groups in total. The first-order chi connectivity index (χ1) is 9.31. The first-order valence-corrected chi connectivity index (χ1v) is 7.38. The van der Waals surface area contributed by atoms with Crippen molar-refractivity contribution in [3.63, 3.8) is 0 Å². The molecule has 0 bridgehead atoms. The normalized spacial score (nSPS) is 15.5. The average Bonchev–Trinajstić information content (AvgIpc) is 2.25. The topological polar surface area (TPSA) is 83.5 Å². The number of nitrogens with one attached hydrogen (secondary N) is 1. The number of carbonyl (C=O) groups is 1. The lowest BCUT2D eigenvalue weighted by molar-refractivity contribution is -0.201. The molecule has 1 atom stereocenters. The summed E-state index contributed by atoms with van der Waals surface area (Å²) in [5.41, 5.74) is -3.72. The van der Waals surface area contributed by atoms with Gasteiger partial charge in [0.2, 0.25) is 15.6 Å². The van der Waals surface area contributed by atoms with E-state index in [2.05, 4.69) is 15.9 Å². The minimum absolute atomic E-state index is 0.171. The molecule has 0 aliphatic carbocycles. The minimum Gasteiger partial charge on any atom is -0.480 e. The van der Waals surface area contributed by atoms with E-state index in [-0.39, 0.29) is 11.4 Å². The van der Waals surface area contributed by atoms with Gasteiger partial charge in [0.25, 0.3) is 0 Å². The van der Waals surface area contributed by atoms with Gasteiger partial charge in [-0.25, -0.2) is 17.6 Å². The molecule has 0 fully saturated rings. The molecule has 5 nitrogen and oxygen atoms in total. The minimum atomic E-state index is -5.38. The Morgan fingerprint density at radius 1 is 1.33 bits per heavy atom. The molecule has 0 saturated heterocycles. The average molecular weight is 394 g/mol. The third-order valence-electron chi connectivity index (χ3n) is 2.52. The van der Waals surface area contributed by atoms with Crippen LogP contribution in [0.1, 0.15) is 6.92 Å². The van der Waals surface area contributed by atoms with Gasteiger partial charge in [-0.1, -0.05) is 0 Å². The summed E-state index contributed by atoms with van der Waals surface area (Å²) in [4.78, 5) is 10.1. The van der Waals surface area contributed by atoms with Crippen molar-refractivity contribution in [2.75, 3.05) is 0 Å². The van der Waals surface area contributed by atoms with Crippen LogP contribution in [0.4, 0.5) is 17.6 Å². The zero-order valence-corrected chi connectivity index (χ0v) is 12.6. The van der Waals surface area contributed by atoms with Crippen LogP contribution in [-0.4, -0.2) is 31.2 Å². The Hall–Kier alpha value is -1.20. The number of hydrogen-bond acceptors (Lipinski definition) is 3. The van der Waals surface area contributed by atoms with E-state index in [0.717, 1.165) is 10.8 Å². The molecule has 1 aromatic rings. The number of aliphatic carboxylic acids is 1. The summed E-state index contributed by atoms with van der Waals surface area (Å²) >= 11 is 2.69. The van der Waals surface area contributed by atoms with Gasteiger partial charge in [0.1, 0.15) is 5.82 Å². The molecule has 1 aromatic carbocycles. The molecule has 0 aromatic heterocycles. The summed E-state index contributed by atoms with van der Waals surface area (Å²) in [6, 6.07) is 2.14. The maximum atomic E-state index is 12.9. The number of hydrogen-bond donors (Lipinski definition) is 2. The summed E-state index contributed by atoms with van der Waals surface area (Å²) < 4.78 is 75.8. The van der Waals surface area contributed by atoms with Gasteiger partial charge in [-0.05, 0) is 41.1 Å². The van der Waals surface area contributed by atoms with Crippen molar-refractivity contribution in [2.24, 2.45) is 0 Å². The fourth-order valence-electron chi connectivity index (χ4n) is 1.24. The number of carboxylic acids is 1. The van der Waals surface area contributed by atoms with Crippen LogP contribution in [0.2, 0.25) is 0 Å². The van der Waals surface area contributed by atoms with Gasteiger partial charge in [-0.15, -0.1) is 0 Å². The third-order valence-corrected chi connectivity index (χ3v) is 5.05. The molecule has 0 spiro atoms. The molecular formula is C10H8BrF4NO4S. The highest BCUT2D eigenvalue weighted by Crippen LogP contribution is 2.33. The van der Waals surface area contributed by atoms with Crippen LogP contribution < -0.4 is 4.72 Å². The second-order valence-corrected chi connectivity index (χ2v) is 6.61. The Kier molecular flexibility index (Phi) is 4.71. The highest BCUT2D eigenvalue weighted by atomic mass is 79.9.